The molecule has 0 radical (unpaired) electrons. The maximum absolute atomic E-state index is 13.5. The van der Waals surface area contributed by atoms with Crippen LogP contribution in [-0.4, -0.2) is 81.7 Å². The summed E-state index contributed by atoms with van der Waals surface area (Å²) in [5.41, 5.74) is -0.650. The lowest BCUT2D eigenvalue weighted by Crippen LogP contribution is -2.62. The van der Waals surface area contributed by atoms with Crippen molar-refractivity contribution in [1.82, 2.24) is 10.3 Å². The first-order valence-corrected chi connectivity index (χ1v) is 17.2. The molecule has 3 saturated carbocycles. The number of fused-ring (bicyclic) bond motifs is 6. The number of amides is 1. The normalized spacial score (nSPS) is 32.0. The molecule has 12 nitrogen and oxygen atoms in total. The Kier molecular flexibility index (Phi) is 9.25. The number of aliphatic hydroxyl groups is 2. The number of allylic oxidation sites excluding steroid dienone is 1. The molecule has 1 heterocycles. The number of ether oxygens (including phenoxy) is 2. The summed E-state index contributed by atoms with van der Waals surface area (Å²) in [6.45, 7) is 3.53. The Hall–Kier alpha value is -4.03. The monoisotopic (exact) mass is 678 g/mol. The third kappa shape index (κ3) is 5.96. The van der Waals surface area contributed by atoms with Gasteiger partial charge in [0.15, 0.2) is 12.4 Å². The first-order chi connectivity index (χ1) is 23.2. The van der Waals surface area contributed by atoms with Crippen LogP contribution >= 0.6 is 0 Å². The van der Waals surface area contributed by atoms with Gasteiger partial charge in [-0.05, 0) is 98.0 Å². The van der Waals surface area contributed by atoms with Crippen molar-refractivity contribution in [2.75, 3.05) is 20.3 Å². The van der Waals surface area contributed by atoms with Crippen molar-refractivity contribution < 1.29 is 48.8 Å². The first kappa shape index (κ1) is 34.8. The molecule has 7 atom stereocenters. The second-order valence-corrected chi connectivity index (χ2v) is 14.9. The van der Waals surface area contributed by atoms with Crippen LogP contribution in [0.15, 0.2) is 29.8 Å². The summed E-state index contributed by atoms with van der Waals surface area (Å²) in [6, 6.07) is 5.17. The molecule has 12 heteroatoms. The zero-order valence-corrected chi connectivity index (χ0v) is 28.3. The van der Waals surface area contributed by atoms with Crippen molar-refractivity contribution in [3.63, 3.8) is 0 Å². The largest absolute Gasteiger partial charge is 0.497 e. The molecule has 1 amide bonds. The highest BCUT2D eigenvalue weighted by molar-refractivity contribution is 5.98. The maximum Gasteiger partial charge on any atom is 0.352 e. The number of rotatable bonds is 11. The number of ketones is 2. The third-order valence-corrected chi connectivity index (χ3v) is 12.5. The fourth-order valence-corrected chi connectivity index (χ4v) is 9.91. The van der Waals surface area contributed by atoms with Gasteiger partial charge in [0.1, 0.15) is 17.0 Å². The molecule has 49 heavy (non-hydrogen) atoms. The Bertz CT molecular complexity index is 1730. The molecule has 0 bridgehead atoms. The molecular weight excluding hydrogens is 632 g/mol. The molecule has 4 aliphatic carbocycles. The van der Waals surface area contributed by atoms with Gasteiger partial charge in [-0.2, -0.15) is 0 Å². The van der Waals surface area contributed by atoms with Gasteiger partial charge in [-0.25, -0.2) is 4.79 Å². The second-order valence-electron chi connectivity index (χ2n) is 14.9. The number of carbonyl (C=O) groups excluding carboxylic acids is 4. The molecule has 0 saturated heterocycles. The van der Waals surface area contributed by atoms with E-state index in [1.807, 2.05) is 6.92 Å². The average molecular weight is 679 g/mol. The highest BCUT2D eigenvalue weighted by Gasteiger charge is 2.68. The van der Waals surface area contributed by atoms with Crippen molar-refractivity contribution in [2.45, 2.75) is 89.8 Å². The second kappa shape index (κ2) is 13.0. The van der Waals surface area contributed by atoms with Gasteiger partial charge >= 0.3 is 11.9 Å². The lowest BCUT2D eigenvalue weighted by atomic mass is 9.45. The number of methoxy groups -OCH3 is 1. The summed E-state index contributed by atoms with van der Waals surface area (Å²) >= 11 is 0. The Labute approximate surface area is 284 Å². The highest BCUT2D eigenvalue weighted by Crippen LogP contribution is 2.67. The lowest BCUT2D eigenvalue weighted by Gasteiger charge is -2.60. The molecule has 2 aromatic rings. The predicted octanol–water partition coefficient (Wildman–Crippen LogP) is 3.66. The van der Waals surface area contributed by atoms with Gasteiger partial charge in [-0.15, -0.1) is 0 Å². The molecule has 4 aliphatic rings. The van der Waals surface area contributed by atoms with E-state index in [4.69, 9.17) is 9.47 Å². The zero-order valence-electron chi connectivity index (χ0n) is 28.3. The van der Waals surface area contributed by atoms with E-state index >= 15 is 0 Å². The minimum absolute atomic E-state index is 0.00288. The molecule has 3 fully saturated rings. The van der Waals surface area contributed by atoms with Gasteiger partial charge in [-0.1, -0.05) is 19.4 Å². The Morgan fingerprint density at radius 3 is 2.59 bits per heavy atom. The number of aliphatic hydroxyl groups excluding tert-OH is 1. The number of aromatic amines is 1. The van der Waals surface area contributed by atoms with Gasteiger partial charge in [0.05, 0.1) is 19.6 Å². The number of aromatic nitrogens is 1. The van der Waals surface area contributed by atoms with Crippen LogP contribution in [0.25, 0.3) is 10.9 Å². The fraction of sp³-hybridized carbons (Fsp3) is 0.595. The number of aromatic carboxylic acids is 1. The van der Waals surface area contributed by atoms with E-state index in [0.29, 0.717) is 41.5 Å². The quantitative estimate of drug-likeness (QED) is 0.219. The van der Waals surface area contributed by atoms with Gasteiger partial charge in [0.2, 0.25) is 11.7 Å². The first-order valence-electron chi connectivity index (χ1n) is 17.2. The number of carboxylic acid groups (broad SMARTS) is 1. The van der Waals surface area contributed by atoms with Gasteiger partial charge in [0.25, 0.3) is 0 Å². The average Bonchev–Trinajstić information content (AvgIpc) is 3.56. The van der Waals surface area contributed by atoms with Crippen LogP contribution in [0.2, 0.25) is 0 Å². The van der Waals surface area contributed by atoms with Crippen molar-refractivity contribution in [3.8, 4) is 5.75 Å². The topological polar surface area (TPSA) is 192 Å². The Morgan fingerprint density at radius 2 is 1.86 bits per heavy atom. The zero-order chi connectivity index (χ0) is 35.3. The van der Waals surface area contributed by atoms with E-state index in [2.05, 4.69) is 17.2 Å². The smallest absolute Gasteiger partial charge is 0.352 e. The Balaban J connectivity index is 1.01. The number of hydrogen-bond donors (Lipinski definition) is 5. The number of carboxylic acids is 1. The van der Waals surface area contributed by atoms with E-state index < -0.39 is 47.4 Å². The summed E-state index contributed by atoms with van der Waals surface area (Å²) in [5, 5.41) is 36.5. The van der Waals surface area contributed by atoms with E-state index in [-0.39, 0.29) is 73.3 Å². The standard InChI is InChI=1S/C37H46N2O10/c1-35-13-10-21(40)16-20(35)4-6-24-26-11-14-37(47,36(26,2)18-28(41)32(24)35)29(42)19-49-31(44)9-8-30(43)38-15-12-23-25-17-22(48-3)5-7-27(25)39-33(23)34(45)46/h5,7,16-17,24,26,28,32,39,41,47H,4,6,8-15,18-19H2,1-3H3,(H,38,43)(H,45,46)/t24-,26+,28+,32+,35-,36-,37-/m0/s1. The third-order valence-electron chi connectivity index (χ3n) is 12.5. The highest BCUT2D eigenvalue weighted by atomic mass is 16.5. The van der Waals surface area contributed by atoms with Crippen LogP contribution in [0.5, 0.6) is 5.75 Å². The molecule has 264 valence electrons. The Morgan fingerprint density at radius 1 is 1.08 bits per heavy atom. The fourth-order valence-electron chi connectivity index (χ4n) is 9.91. The summed E-state index contributed by atoms with van der Waals surface area (Å²) in [6.07, 6.45) is 4.57. The molecule has 5 N–H and O–H groups in total. The van der Waals surface area contributed by atoms with Crippen LogP contribution in [0, 0.1) is 28.6 Å². The molecule has 0 aliphatic heterocycles. The summed E-state index contributed by atoms with van der Waals surface area (Å²) in [7, 11) is 1.51. The van der Waals surface area contributed by atoms with Gasteiger partial charge in [-0.3, -0.25) is 19.2 Å². The summed E-state index contributed by atoms with van der Waals surface area (Å²) in [4.78, 5) is 65.5. The number of carbonyl (C=O) groups is 5. The van der Waals surface area contributed by atoms with Crippen LogP contribution in [0.3, 0.4) is 0 Å². The van der Waals surface area contributed by atoms with Crippen LogP contribution < -0.4 is 10.1 Å². The SMILES string of the molecule is COc1ccc2[nH]c(C(=O)O)c(CCNC(=O)CCC(=O)OCC(=O)[C@@]3(O)CC[C@@H]4[C@@H]5CCC6=CC(=O)CC[C@]6(C)[C@H]5[C@H](O)C[C@@]43C)c2c1. The van der Waals surface area contributed by atoms with Crippen LogP contribution in [0.4, 0.5) is 0 Å². The van der Waals surface area contributed by atoms with Gasteiger partial charge in [0, 0.05) is 35.7 Å². The number of Topliss-reactive ketones (excluding diaryl/α,β-unsaturated/α-hetero) is 1. The molecule has 0 unspecified atom stereocenters. The van der Waals surface area contributed by atoms with E-state index in [1.165, 1.54) is 7.11 Å². The lowest BCUT2D eigenvalue weighted by molar-refractivity contribution is -0.184. The molecule has 1 aromatic heterocycles. The van der Waals surface area contributed by atoms with Crippen molar-refractivity contribution >= 4 is 40.3 Å². The molecule has 1 aromatic carbocycles. The van der Waals surface area contributed by atoms with Crippen molar-refractivity contribution in [3.05, 3.63) is 41.1 Å². The van der Waals surface area contributed by atoms with Crippen molar-refractivity contribution in [1.29, 1.82) is 0 Å². The number of esters is 1. The molecular formula is C37H46N2O10. The van der Waals surface area contributed by atoms with E-state index in [9.17, 15) is 39.3 Å². The van der Waals surface area contributed by atoms with E-state index in [0.717, 1.165) is 18.4 Å². The molecule has 0 spiro atoms. The maximum atomic E-state index is 13.5. The molecule has 6 rings (SSSR count). The number of benzene rings is 1. The van der Waals surface area contributed by atoms with Gasteiger partial charge < -0.3 is 35.1 Å². The number of H-pyrrole nitrogens is 1. The number of nitrogens with one attached hydrogen (secondary N) is 2. The predicted molar refractivity (Wildman–Crippen MR) is 177 cm³/mol. The van der Waals surface area contributed by atoms with E-state index in [1.54, 1.807) is 24.3 Å². The summed E-state index contributed by atoms with van der Waals surface area (Å²) < 4.78 is 10.5. The minimum atomic E-state index is -1.76. The number of hydrogen-bond acceptors (Lipinski definition) is 9. The minimum Gasteiger partial charge on any atom is -0.497 e. The summed E-state index contributed by atoms with van der Waals surface area (Å²) in [5.74, 6) is -2.16. The van der Waals surface area contributed by atoms with Crippen molar-refractivity contribution in [2.24, 2.45) is 28.6 Å². The van der Waals surface area contributed by atoms with Crippen LogP contribution in [0.1, 0.15) is 87.7 Å². The van der Waals surface area contributed by atoms with Crippen LogP contribution in [-0.2, 0) is 30.3 Å².